The summed E-state index contributed by atoms with van der Waals surface area (Å²) in [5.74, 6) is -0.740. The third kappa shape index (κ3) is 2.92. The maximum atomic E-state index is 13.4. The highest BCUT2D eigenvalue weighted by Crippen LogP contribution is 2.58. The molecule has 0 saturated heterocycles. The van der Waals surface area contributed by atoms with Crippen molar-refractivity contribution >= 4 is 0 Å². The molecule has 1 saturated carbocycles. The van der Waals surface area contributed by atoms with Crippen LogP contribution in [0.3, 0.4) is 0 Å². The van der Waals surface area contributed by atoms with Crippen molar-refractivity contribution in [1.29, 1.82) is 0 Å². The molecule has 0 spiro atoms. The van der Waals surface area contributed by atoms with Gasteiger partial charge in [-0.05, 0) is 49.8 Å². The highest BCUT2D eigenvalue weighted by molar-refractivity contribution is 5.44. The molecule has 0 radical (unpaired) electrons. The average Bonchev–Trinajstić information content (AvgIpc) is 3.01. The van der Waals surface area contributed by atoms with Crippen LogP contribution in [0.2, 0.25) is 0 Å². The van der Waals surface area contributed by atoms with E-state index in [4.69, 9.17) is 4.74 Å². The van der Waals surface area contributed by atoms with Crippen LogP contribution in [0.4, 0.5) is 13.2 Å². The number of aryl methyl sites for hydroxylation is 2. The maximum Gasteiger partial charge on any atom is 0.391 e. The lowest BCUT2D eigenvalue weighted by Gasteiger charge is -2.36. The summed E-state index contributed by atoms with van der Waals surface area (Å²) in [4.78, 5) is 0. The normalized spacial score (nSPS) is 28.2. The van der Waals surface area contributed by atoms with Crippen LogP contribution in [-0.2, 0) is 0 Å². The topological polar surface area (TPSA) is 9.23 Å². The summed E-state index contributed by atoms with van der Waals surface area (Å²) in [6.07, 6.45) is -4.15. The Morgan fingerprint density at radius 3 is 2.28 bits per heavy atom. The largest absolute Gasteiger partial charge is 0.485 e. The number of alkyl halides is 3. The summed E-state index contributed by atoms with van der Waals surface area (Å²) in [6, 6.07) is 13.8. The summed E-state index contributed by atoms with van der Waals surface area (Å²) >= 11 is 0. The molecule has 25 heavy (non-hydrogen) atoms. The van der Waals surface area contributed by atoms with Crippen molar-refractivity contribution in [2.24, 2.45) is 11.8 Å². The third-order valence-corrected chi connectivity index (χ3v) is 5.69. The fourth-order valence-corrected chi connectivity index (χ4v) is 4.39. The number of hydrogen-bond acceptors (Lipinski definition) is 1. The average molecular weight is 346 g/mol. The van der Waals surface area contributed by atoms with E-state index in [1.54, 1.807) is 0 Å². The molecular formula is C21H21F3O. The van der Waals surface area contributed by atoms with Crippen LogP contribution in [0.1, 0.15) is 47.1 Å². The Labute approximate surface area is 145 Å². The van der Waals surface area contributed by atoms with Crippen molar-refractivity contribution in [3.8, 4) is 5.75 Å². The second kappa shape index (κ2) is 5.79. The molecule has 1 heterocycles. The number of hydrogen-bond donors (Lipinski definition) is 0. The van der Waals surface area contributed by atoms with Gasteiger partial charge in [-0.15, -0.1) is 0 Å². The van der Waals surface area contributed by atoms with Gasteiger partial charge in [-0.25, -0.2) is 0 Å². The van der Waals surface area contributed by atoms with E-state index in [0.717, 1.165) is 28.0 Å². The molecule has 132 valence electrons. The zero-order valence-corrected chi connectivity index (χ0v) is 14.3. The van der Waals surface area contributed by atoms with Crippen molar-refractivity contribution in [1.82, 2.24) is 0 Å². The molecule has 0 amide bonds. The smallest absolute Gasteiger partial charge is 0.391 e. The molecule has 2 aromatic rings. The summed E-state index contributed by atoms with van der Waals surface area (Å²) in [7, 11) is 0. The second-order valence-corrected chi connectivity index (χ2v) is 7.47. The first kappa shape index (κ1) is 16.5. The van der Waals surface area contributed by atoms with Crippen LogP contribution < -0.4 is 4.74 Å². The molecule has 0 N–H and O–H groups in total. The molecule has 1 aliphatic heterocycles. The van der Waals surface area contributed by atoms with Crippen molar-refractivity contribution in [3.05, 3.63) is 64.7 Å². The molecular weight excluding hydrogens is 325 g/mol. The SMILES string of the molecule is Cc1ccc([C@H]2Oc3ccc(C)cc3[C@H]3C[C@H](C(F)(F)F)C[C@H]32)cc1. The summed E-state index contributed by atoms with van der Waals surface area (Å²) in [6.45, 7) is 3.97. The van der Waals surface area contributed by atoms with Crippen LogP contribution in [-0.4, -0.2) is 6.18 Å². The summed E-state index contributed by atoms with van der Waals surface area (Å²) in [5.41, 5.74) is 4.10. The van der Waals surface area contributed by atoms with Gasteiger partial charge in [0.25, 0.3) is 0 Å². The Bertz CT molecular complexity index is 779. The lowest BCUT2D eigenvalue weighted by molar-refractivity contribution is -0.173. The van der Waals surface area contributed by atoms with Gasteiger partial charge in [-0.1, -0.05) is 47.5 Å². The van der Waals surface area contributed by atoms with E-state index in [1.807, 2.05) is 56.3 Å². The quantitative estimate of drug-likeness (QED) is 0.605. The Kier molecular flexibility index (Phi) is 3.82. The van der Waals surface area contributed by atoms with Gasteiger partial charge in [0, 0.05) is 5.92 Å². The predicted molar refractivity (Wildman–Crippen MR) is 90.7 cm³/mol. The molecule has 2 aliphatic rings. The lowest BCUT2D eigenvalue weighted by atomic mass is 9.79. The van der Waals surface area contributed by atoms with Crippen molar-refractivity contribution in [2.75, 3.05) is 0 Å². The third-order valence-electron chi connectivity index (χ3n) is 5.69. The molecule has 4 atom stereocenters. The number of ether oxygens (including phenoxy) is 1. The Balaban J connectivity index is 1.77. The Hall–Kier alpha value is -1.97. The number of benzene rings is 2. The predicted octanol–water partition coefficient (Wildman–Crippen LogP) is 6.11. The molecule has 4 heteroatoms. The van der Waals surface area contributed by atoms with Gasteiger partial charge in [0.15, 0.2) is 0 Å². The van der Waals surface area contributed by atoms with Crippen molar-refractivity contribution in [3.63, 3.8) is 0 Å². The lowest BCUT2D eigenvalue weighted by Crippen LogP contribution is -2.27. The highest BCUT2D eigenvalue weighted by atomic mass is 19.4. The minimum atomic E-state index is -4.14. The zero-order chi connectivity index (χ0) is 17.8. The fourth-order valence-electron chi connectivity index (χ4n) is 4.39. The van der Waals surface area contributed by atoms with E-state index in [9.17, 15) is 13.2 Å². The fraction of sp³-hybridized carbons (Fsp3) is 0.429. The van der Waals surface area contributed by atoms with Crippen LogP contribution in [0, 0.1) is 25.7 Å². The Morgan fingerprint density at radius 2 is 1.60 bits per heavy atom. The van der Waals surface area contributed by atoms with E-state index in [-0.39, 0.29) is 30.8 Å². The van der Waals surface area contributed by atoms with Gasteiger partial charge in [-0.2, -0.15) is 13.2 Å². The van der Waals surface area contributed by atoms with Gasteiger partial charge >= 0.3 is 6.18 Å². The molecule has 4 rings (SSSR count). The van der Waals surface area contributed by atoms with Gasteiger partial charge in [0.1, 0.15) is 11.9 Å². The molecule has 0 unspecified atom stereocenters. The van der Waals surface area contributed by atoms with E-state index in [0.29, 0.717) is 0 Å². The van der Waals surface area contributed by atoms with Crippen LogP contribution in [0.15, 0.2) is 42.5 Å². The number of halogens is 3. The van der Waals surface area contributed by atoms with Crippen LogP contribution in [0.25, 0.3) is 0 Å². The standard InChI is InChI=1S/C21H21F3O/c1-12-3-6-14(7-4-12)20-18-11-15(21(22,23)24)10-16(18)17-9-13(2)5-8-19(17)25-20/h3-9,15-16,18,20H,10-11H2,1-2H3/t15-,16+,18+,20+/m0/s1. The first-order chi connectivity index (χ1) is 11.8. The minimum Gasteiger partial charge on any atom is -0.485 e. The Morgan fingerprint density at radius 1 is 0.920 bits per heavy atom. The van der Waals surface area contributed by atoms with Gasteiger partial charge in [-0.3, -0.25) is 0 Å². The molecule has 0 aromatic heterocycles. The molecule has 0 bridgehead atoms. The summed E-state index contributed by atoms with van der Waals surface area (Å²) in [5, 5.41) is 0. The number of rotatable bonds is 1. The maximum absolute atomic E-state index is 13.4. The van der Waals surface area contributed by atoms with E-state index in [2.05, 4.69) is 0 Å². The minimum absolute atomic E-state index is 0.0958. The van der Waals surface area contributed by atoms with Crippen LogP contribution >= 0.6 is 0 Å². The van der Waals surface area contributed by atoms with Crippen molar-refractivity contribution < 1.29 is 17.9 Å². The molecule has 1 aliphatic carbocycles. The zero-order valence-electron chi connectivity index (χ0n) is 14.3. The summed E-state index contributed by atoms with van der Waals surface area (Å²) < 4.78 is 46.4. The van der Waals surface area contributed by atoms with Gasteiger partial charge < -0.3 is 4.74 Å². The van der Waals surface area contributed by atoms with Crippen molar-refractivity contribution in [2.45, 2.75) is 44.9 Å². The van der Waals surface area contributed by atoms with Gasteiger partial charge in [0.2, 0.25) is 0 Å². The molecule has 1 fully saturated rings. The van der Waals surface area contributed by atoms with Crippen LogP contribution in [0.5, 0.6) is 5.75 Å². The highest BCUT2D eigenvalue weighted by Gasteiger charge is 2.53. The van der Waals surface area contributed by atoms with E-state index in [1.165, 1.54) is 0 Å². The number of fused-ring (bicyclic) bond motifs is 3. The second-order valence-electron chi connectivity index (χ2n) is 7.47. The van der Waals surface area contributed by atoms with Gasteiger partial charge in [0.05, 0.1) is 5.92 Å². The monoisotopic (exact) mass is 346 g/mol. The first-order valence-electron chi connectivity index (χ1n) is 8.73. The molecule has 2 aromatic carbocycles. The van der Waals surface area contributed by atoms with E-state index < -0.39 is 12.1 Å². The van der Waals surface area contributed by atoms with E-state index >= 15 is 0 Å². The first-order valence-corrected chi connectivity index (χ1v) is 8.73. The molecule has 1 nitrogen and oxygen atoms in total.